The smallest absolute Gasteiger partial charge is 0.125 e. The van der Waals surface area contributed by atoms with E-state index in [1.54, 1.807) is 18.4 Å². The number of aryl methyl sites for hydroxylation is 1. The number of nitrogens with zero attached hydrogens (tertiary/aromatic N) is 2. The Morgan fingerprint density at radius 1 is 0.692 bits per heavy atom. The number of rotatable bonds is 8. The van der Waals surface area contributed by atoms with Gasteiger partial charge >= 0.3 is 0 Å². The summed E-state index contributed by atoms with van der Waals surface area (Å²) in [6, 6.07) is 41.3. The van der Waals surface area contributed by atoms with E-state index in [-0.39, 0.29) is 11.2 Å². The van der Waals surface area contributed by atoms with Crippen molar-refractivity contribution in [1.82, 2.24) is 4.57 Å². The van der Waals surface area contributed by atoms with Crippen molar-refractivity contribution in [3.8, 4) is 11.1 Å². The molecule has 9 rings (SSSR count). The Balaban J connectivity index is 0.00000190. The summed E-state index contributed by atoms with van der Waals surface area (Å²) < 4.78 is 17.5. The van der Waals surface area contributed by atoms with Gasteiger partial charge in [0.2, 0.25) is 0 Å². The lowest BCUT2D eigenvalue weighted by atomic mass is 9.75. The van der Waals surface area contributed by atoms with E-state index in [1.165, 1.54) is 106 Å². The van der Waals surface area contributed by atoms with Gasteiger partial charge in [-0.1, -0.05) is 112 Å². The molecule has 0 unspecified atom stereocenters. The molecule has 0 amide bonds. The molecule has 0 saturated heterocycles. The van der Waals surface area contributed by atoms with E-state index in [4.69, 9.17) is 0 Å². The summed E-state index contributed by atoms with van der Waals surface area (Å²) in [5.74, 6) is 0.374. The summed E-state index contributed by atoms with van der Waals surface area (Å²) in [6.07, 6.45) is 11.4. The number of hydrogen-bond donors (Lipinski definition) is 1. The molecule has 2 nitrogen and oxygen atoms in total. The fourth-order valence-corrected chi connectivity index (χ4v) is 9.88. The van der Waals surface area contributed by atoms with Crippen molar-refractivity contribution < 1.29 is 4.39 Å². The maximum atomic E-state index is 15.3. The van der Waals surface area contributed by atoms with Gasteiger partial charge in [-0.3, -0.25) is 0 Å². The van der Waals surface area contributed by atoms with Crippen LogP contribution in [0.2, 0.25) is 0 Å². The zero-order valence-corrected chi connectivity index (χ0v) is 31.8. The third kappa shape index (κ3) is 5.36. The standard InChI is InChI=1S/C47H45FN2.CH4S/c1-4-14-31(15-5-2)32-24-25-37-39(28-32)47(26-10-11-27-47)40-30-44(35-18-6-7-19-36(35)45(37)40)50(34-17-12-16-33(48)29-34)43-23-13-22-42-46(43)38-20-8-9-21-41(38)49(42)3;1-2/h6-9,12-13,16-25,28-31H,4-5,10-11,14-15,26-27H2,1-3H3;2H,1H3. The second-order valence-electron chi connectivity index (χ2n) is 14.8. The second kappa shape index (κ2) is 14.1. The molecule has 1 fully saturated rings. The summed E-state index contributed by atoms with van der Waals surface area (Å²) in [4.78, 5) is 2.34. The largest absolute Gasteiger partial charge is 0.344 e. The lowest BCUT2D eigenvalue weighted by Gasteiger charge is -2.32. The predicted molar refractivity (Wildman–Crippen MR) is 225 cm³/mol. The van der Waals surface area contributed by atoms with Crippen molar-refractivity contribution in [3.05, 3.63) is 138 Å². The first-order valence-corrected chi connectivity index (χ1v) is 20.1. The van der Waals surface area contributed by atoms with Crippen LogP contribution in [-0.4, -0.2) is 10.8 Å². The monoisotopic (exact) mass is 704 g/mol. The van der Waals surface area contributed by atoms with Gasteiger partial charge in [0.25, 0.3) is 0 Å². The van der Waals surface area contributed by atoms with Gasteiger partial charge in [-0.25, -0.2) is 4.39 Å². The minimum absolute atomic E-state index is 0.0124. The first kappa shape index (κ1) is 34.5. The minimum atomic E-state index is -0.232. The van der Waals surface area contributed by atoms with Gasteiger partial charge in [0.15, 0.2) is 0 Å². The highest BCUT2D eigenvalue weighted by molar-refractivity contribution is 7.79. The van der Waals surface area contributed by atoms with E-state index in [0.29, 0.717) is 5.92 Å². The molecule has 2 aliphatic carbocycles. The van der Waals surface area contributed by atoms with Gasteiger partial charge in [-0.05, 0) is 114 Å². The van der Waals surface area contributed by atoms with Crippen molar-refractivity contribution in [1.29, 1.82) is 0 Å². The third-order valence-electron chi connectivity index (χ3n) is 12.0. The second-order valence-corrected chi connectivity index (χ2v) is 14.8. The molecule has 0 bridgehead atoms. The number of aromatic nitrogens is 1. The number of thiol groups is 1. The van der Waals surface area contributed by atoms with Crippen LogP contribution in [0.4, 0.5) is 21.5 Å². The van der Waals surface area contributed by atoms with Gasteiger partial charge in [0.05, 0.1) is 16.9 Å². The molecule has 0 N–H and O–H groups in total. The van der Waals surface area contributed by atoms with Crippen LogP contribution >= 0.6 is 12.6 Å². The van der Waals surface area contributed by atoms with Gasteiger partial charge in [0.1, 0.15) is 5.82 Å². The first-order chi connectivity index (χ1) is 25.5. The van der Waals surface area contributed by atoms with Crippen molar-refractivity contribution in [3.63, 3.8) is 0 Å². The van der Waals surface area contributed by atoms with E-state index >= 15 is 4.39 Å². The molecule has 264 valence electrons. The van der Waals surface area contributed by atoms with Crippen LogP contribution < -0.4 is 4.90 Å². The number of hydrogen-bond acceptors (Lipinski definition) is 2. The van der Waals surface area contributed by atoms with Crippen molar-refractivity contribution in [2.45, 2.75) is 76.5 Å². The van der Waals surface area contributed by atoms with Crippen LogP contribution in [0, 0.1) is 5.82 Å². The van der Waals surface area contributed by atoms with E-state index in [2.05, 4.69) is 140 Å². The summed E-state index contributed by atoms with van der Waals surface area (Å²) in [6.45, 7) is 4.64. The SMILES string of the molecule is CCCC(CCC)c1ccc2c(c1)C1(CCCC1)c1cc(N(c3cccc(F)c3)c3cccc4c3c3ccccc3n4C)c3ccccc3c1-2.CS. The molecule has 52 heavy (non-hydrogen) atoms. The normalized spacial score (nSPS) is 14.3. The van der Waals surface area contributed by atoms with E-state index in [0.717, 1.165) is 22.6 Å². The minimum Gasteiger partial charge on any atom is -0.344 e. The predicted octanol–water partition coefficient (Wildman–Crippen LogP) is 14.2. The molecule has 6 aromatic carbocycles. The van der Waals surface area contributed by atoms with E-state index < -0.39 is 0 Å². The van der Waals surface area contributed by atoms with Crippen LogP contribution in [0.15, 0.2) is 115 Å². The Morgan fingerprint density at radius 3 is 2.10 bits per heavy atom. The average molecular weight is 705 g/mol. The van der Waals surface area contributed by atoms with Crippen LogP contribution in [0.5, 0.6) is 0 Å². The highest BCUT2D eigenvalue weighted by atomic mass is 32.1. The molecular weight excluding hydrogens is 656 g/mol. The number of benzene rings is 6. The van der Waals surface area contributed by atoms with E-state index in [1.807, 2.05) is 6.07 Å². The molecule has 1 aromatic heterocycles. The van der Waals surface area contributed by atoms with Crippen LogP contribution in [0.25, 0.3) is 43.7 Å². The topological polar surface area (TPSA) is 8.17 Å². The highest BCUT2D eigenvalue weighted by Crippen LogP contribution is 2.61. The van der Waals surface area contributed by atoms with Gasteiger partial charge in [0, 0.05) is 39.8 Å². The Hall–Kier alpha value is -4.54. The van der Waals surface area contributed by atoms with Gasteiger partial charge < -0.3 is 9.47 Å². The zero-order valence-electron chi connectivity index (χ0n) is 30.9. The fraction of sp³-hybridized carbons (Fsp3) is 0.292. The average Bonchev–Trinajstić information content (AvgIpc) is 3.87. The molecule has 7 aromatic rings. The maximum Gasteiger partial charge on any atom is 0.125 e. The van der Waals surface area contributed by atoms with Crippen molar-refractivity contribution in [2.75, 3.05) is 11.2 Å². The molecule has 4 heteroatoms. The first-order valence-electron chi connectivity index (χ1n) is 19.2. The zero-order chi connectivity index (χ0) is 36.0. The van der Waals surface area contributed by atoms with Crippen LogP contribution in [0.3, 0.4) is 0 Å². The fourth-order valence-electron chi connectivity index (χ4n) is 9.88. The van der Waals surface area contributed by atoms with Crippen LogP contribution in [0.1, 0.15) is 87.8 Å². The third-order valence-corrected chi connectivity index (χ3v) is 12.0. The molecule has 2 aliphatic rings. The Bertz CT molecular complexity index is 2410. The molecular formula is C48H49FN2S. The summed E-state index contributed by atoms with van der Waals surface area (Å²) in [5, 5.41) is 4.85. The Labute approximate surface area is 313 Å². The highest BCUT2D eigenvalue weighted by Gasteiger charge is 2.46. The molecule has 1 heterocycles. The molecule has 0 radical (unpaired) electrons. The van der Waals surface area contributed by atoms with Crippen LogP contribution in [-0.2, 0) is 12.5 Å². The summed E-state index contributed by atoms with van der Waals surface area (Å²) >= 11 is 3.53. The maximum absolute atomic E-state index is 15.3. The number of halogens is 1. The molecule has 1 spiro atoms. The molecule has 0 atom stereocenters. The summed E-state index contributed by atoms with van der Waals surface area (Å²) in [7, 11) is 2.15. The lowest BCUT2D eigenvalue weighted by molar-refractivity contribution is 0.540. The number of fused-ring (bicyclic) bond motifs is 10. The summed E-state index contributed by atoms with van der Waals surface area (Å²) in [5.41, 5.74) is 12.7. The molecule has 1 saturated carbocycles. The van der Waals surface area contributed by atoms with Crippen molar-refractivity contribution >= 4 is 62.3 Å². The number of anilines is 3. The Kier molecular flexibility index (Phi) is 9.38. The quantitative estimate of drug-likeness (QED) is 0.155. The number of para-hydroxylation sites is 1. The molecule has 0 aliphatic heterocycles. The lowest BCUT2D eigenvalue weighted by Crippen LogP contribution is -2.21. The van der Waals surface area contributed by atoms with Gasteiger partial charge in [-0.2, -0.15) is 12.6 Å². The Morgan fingerprint density at radius 2 is 1.37 bits per heavy atom. The van der Waals surface area contributed by atoms with Crippen molar-refractivity contribution in [2.24, 2.45) is 7.05 Å². The van der Waals surface area contributed by atoms with E-state index in [9.17, 15) is 0 Å². The van der Waals surface area contributed by atoms with Gasteiger partial charge in [-0.15, -0.1) is 0 Å².